The Morgan fingerprint density at radius 3 is 2.33 bits per heavy atom. The van der Waals surface area contributed by atoms with Crippen LogP contribution in [0.15, 0.2) is 0 Å². The second-order valence-electron chi connectivity index (χ2n) is 4.60. The Bertz CT molecular complexity index is 210. The summed E-state index contributed by atoms with van der Waals surface area (Å²) in [6, 6.07) is 0. The molecule has 1 aliphatic rings. The molecular weight excluding hydrogens is 188 g/mol. The standard InChI is InChI=1S/C12H24N2O/c1-3-10-14(4-2)11(15)12(13)8-6-5-7-9-12/h3-10,13H2,1-2H3. The highest BCUT2D eigenvalue weighted by Gasteiger charge is 2.37. The van der Waals surface area contributed by atoms with Crippen LogP contribution in [0, 0.1) is 0 Å². The maximum Gasteiger partial charge on any atom is 0.242 e. The lowest BCUT2D eigenvalue weighted by atomic mass is 9.81. The minimum Gasteiger partial charge on any atom is -0.341 e. The predicted octanol–water partition coefficient (Wildman–Crippen LogP) is 1.91. The van der Waals surface area contributed by atoms with Crippen molar-refractivity contribution in [3.8, 4) is 0 Å². The number of likely N-dealkylation sites (N-methyl/N-ethyl adjacent to an activating group) is 1. The second kappa shape index (κ2) is 5.50. The Morgan fingerprint density at radius 2 is 1.87 bits per heavy atom. The van der Waals surface area contributed by atoms with Gasteiger partial charge in [0, 0.05) is 13.1 Å². The lowest BCUT2D eigenvalue weighted by Gasteiger charge is -2.36. The fourth-order valence-corrected chi connectivity index (χ4v) is 2.38. The normalized spacial score (nSPS) is 19.9. The van der Waals surface area contributed by atoms with Gasteiger partial charge in [0.2, 0.25) is 5.91 Å². The number of carbonyl (C=O) groups excluding carboxylic acids is 1. The first-order chi connectivity index (χ1) is 7.14. The highest BCUT2D eigenvalue weighted by atomic mass is 16.2. The van der Waals surface area contributed by atoms with Crippen LogP contribution in [-0.4, -0.2) is 29.4 Å². The summed E-state index contributed by atoms with van der Waals surface area (Å²) in [5.41, 5.74) is 5.67. The molecule has 0 heterocycles. The van der Waals surface area contributed by atoms with Gasteiger partial charge in [-0.3, -0.25) is 4.79 Å². The highest BCUT2D eigenvalue weighted by Crippen LogP contribution is 2.27. The van der Waals surface area contributed by atoms with Crippen LogP contribution in [0.3, 0.4) is 0 Å². The molecule has 0 radical (unpaired) electrons. The van der Waals surface area contributed by atoms with E-state index < -0.39 is 5.54 Å². The van der Waals surface area contributed by atoms with E-state index >= 15 is 0 Å². The molecule has 1 fully saturated rings. The number of hydrogen-bond acceptors (Lipinski definition) is 2. The first-order valence-electron chi connectivity index (χ1n) is 6.22. The highest BCUT2D eigenvalue weighted by molar-refractivity contribution is 5.86. The van der Waals surface area contributed by atoms with Gasteiger partial charge in [0.15, 0.2) is 0 Å². The number of rotatable bonds is 4. The van der Waals surface area contributed by atoms with Gasteiger partial charge in [-0.1, -0.05) is 26.2 Å². The third-order valence-electron chi connectivity index (χ3n) is 3.33. The van der Waals surface area contributed by atoms with Gasteiger partial charge in [-0.2, -0.15) is 0 Å². The fourth-order valence-electron chi connectivity index (χ4n) is 2.38. The number of carbonyl (C=O) groups is 1. The van der Waals surface area contributed by atoms with Crippen molar-refractivity contribution in [2.75, 3.05) is 13.1 Å². The molecule has 0 unspecified atom stereocenters. The molecule has 0 spiro atoms. The van der Waals surface area contributed by atoms with Crippen LogP contribution in [0.25, 0.3) is 0 Å². The predicted molar refractivity (Wildman–Crippen MR) is 62.5 cm³/mol. The number of hydrogen-bond donors (Lipinski definition) is 1. The van der Waals surface area contributed by atoms with E-state index in [9.17, 15) is 4.79 Å². The number of nitrogens with zero attached hydrogens (tertiary/aromatic N) is 1. The first kappa shape index (κ1) is 12.5. The lowest BCUT2D eigenvalue weighted by Crippen LogP contribution is -2.56. The van der Waals surface area contributed by atoms with Crippen molar-refractivity contribution in [1.82, 2.24) is 4.90 Å². The zero-order valence-corrected chi connectivity index (χ0v) is 10.1. The van der Waals surface area contributed by atoms with Crippen LogP contribution in [0.1, 0.15) is 52.4 Å². The van der Waals surface area contributed by atoms with Crippen LogP contribution >= 0.6 is 0 Å². The lowest BCUT2D eigenvalue weighted by molar-refractivity contribution is -0.138. The monoisotopic (exact) mass is 212 g/mol. The van der Waals surface area contributed by atoms with Crippen LogP contribution in [-0.2, 0) is 4.79 Å². The summed E-state index contributed by atoms with van der Waals surface area (Å²) >= 11 is 0. The summed E-state index contributed by atoms with van der Waals surface area (Å²) in [7, 11) is 0. The summed E-state index contributed by atoms with van der Waals surface area (Å²) in [5, 5.41) is 0. The zero-order valence-electron chi connectivity index (χ0n) is 10.1. The minimum absolute atomic E-state index is 0.173. The van der Waals surface area contributed by atoms with Gasteiger partial charge in [0.05, 0.1) is 5.54 Å². The molecular formula is C12H24N2O. The number of nitrogens with two attached hydrogens (primary N) is 1. The number of amides is 1. The molecule has 1 amide bonds. The molecule has 88 valence electrons. The average molecular weight is 212 g/mol. The molecule has 1 saturated carbocycles. The molecule has 2 N–H and O–H groups in total. The summed E-state index contributed by atoms with van der Waals surface area (Å²) in [5.74, 6) is 0.173. The molecule has 0 bridgehead atoms. The third kappa shape index (κ3) is 2.94. The third-order valence-corrected chi connectivity index (χ3v) is 3.33. The average Bonchev–Trinajstić information content (AvgIpc) is 2.26. The molecule has 0 aromatic heterocycles. The van der Waals surface area contributed by atoms with E-state index in [4.69, 9.17) is 5.73 Å². The molecule has 0 saturated heterocycles. The van der Waals surface area contributed by atoms with Crippen molar-refractivity contribution in [1.29, 1.82) is 0 Å². The molecule has 1 aliphatic carbocycles. The van der Waals surface area contributed by atoms with Crippen molar-refractivity contribution in [3.63, 3.8) is 0 Å². The molecule has 3 nitrogen and oxygen atoms in total. The summed E-state index contributed by atoms with van der Waals surface area (Å²) in [6.07, 6.45) is 6.18. The van der Waals surface area contributed by atoms with E-state index in [2.05, 4.69) is 6.92 Å². The molecule has 0 aromatic carbocycles. The molecule has 0 atom stereocenters. The second-order valence-corrected chi connectivity index (χ2v) is 4.60. The van der Waals surface area contributed by atoms with Gasteiger partial charge in [-0.05, 0) is 26.2 Å². The summed E-state index contributed by atoms with van der Waals surface area (Å²) in [6.45, 7) is 5.75. The Hall–Kier alpha value is -0.570. The van der Waals surface area contributed by atoms with E-state index in [-0.39, 0.29) is 5.91 Å². The van der Waals surface area contributed by atoms with Crippen molar-refractivity contribution in [2.24, 2.45) is 5.73 Å². The molecule has 1 rings (SSSR count). The van der Waals surface area contributed by atoms with Gasteiger partial charge in [-0.15, -0.1) is 0 Å². The van der Waals surface area contributed by atoms with E-state index in [0.717, 1.165) is 45.2 Å². The largest absolute Gasteiger partial charge is 0.341 e. The van der Waals surface area contributed by atoms with Crippen molar-refractivity contribution < 1.29 is 4.79 Å². The molecule has 15 heavy (non-hydrogen) atoms. The van der Waals surface area contributed by atoms with Crippen LogP contribution < -0.4 is 5.73 Å². The topological polar surface area (TPSA) is 46.3 Å². The van der Waals surface area contributed by atoms with Crippen LogP contribution in [0.5, 0.6) is 0 Å². The molecule has 3 heteroatoms. The molecule has 0 aromatic rings. The Labute approximate surface area is 93.0 Å². The fraction of sp³-hybridized carbons (Fsp3) is 0.917. The quantitative estimate of drug-likeness (QED) is 0.773. The maximum atomic E-state index is 12.2. The van der Waals surface area contributed by atoms with Crippen LogP contribution in [0.2, 0.25) is 0 Å². The van der Waals surface area contributed by atoms with Gasteiger partial charge >= 0.3 is 0 Å². The van der Waals surface area contributed by atoms with E-state index in [0.29, 0.717) is 0 Å². The van der Waals surface area contributed by atoms with Gasteiger partial charge in [0.25, 0.3) is 0 Å². The van der Waals surface area contributed by atoms with E-state index in [1.165, 1.54) is 6.42 Å². The van der Waals surface area contributed by atoms with Crippen molar-refractivity contribution >= 4 is 5.91 Å². The van der Waals surface area contributed by atoms with Crippen LogP contribution in [0.4, 0.5) is 0 Å². The zero-order chi connectivity index (χ0) is 11.3. The Kier molecular flexibility index (Phi) is 4.58. The first-order valence-corrected chi connectivity index (χ1v) is 6.22. The minimum atomic E-state index is -0.552. The molecule has 0 aliphatic heterocycles. The van der Waals surface area contributed by atoms with E-state index in [1.54, 1.807) is 0 Å². The van der Waals surface area contributed by atoms with Crippen molar-refractivity contribution in [3.05, 3.63) is 0 Å². The summed E-state index contributed by atoms with van der Waals surface area (Å²) < 4.78 is 0. The summed E-state index contributed by atoms with van der Waals surface area (Å²) in [4.78, 5) is 14.2. The van der Waals surface area contributed by atoms with Crippen molar-refractivity contribution in [2.45, 2.75) is 57.9 Å². The SMILES string of the molecule is CCCN(CC)C(=O)C1(N)CCCCC1. The Morgan fingerprint density at radius 1 is 1.27 bits per heavy atom. The maximum absolute atomic E-state index is 12.2. The van der Waals surface area contributed by atoms with E-state index in [1.807, 2.05) is 11.8 Å². The smallest absolute Gasteiger partial charge is 0.242 e. The van der Waals surface area contributed by atoms with Gasteiger partial charge in [0.1, 0.15) is 0 Å². The Balaban J connectivity index is 2.62. The van der Waals surface area contributed by atoms with Gasteiger partial charge in [-0.25, -0.2) is 0 Å². The van der Waals surface area contributed by atoms with Gasteiger partial charge < -0.3 is 10.6 Å².